The Kier molecular flexibility index (Phi) is 4.27. The number of hydrogen-bond donors (Lipinski definition) is 0. The second-order valence-electron chi connectivity index (χ2n) is 5.74. The number of anilines is 1. The molecule has 8 heteroatoms. The lowest BCUT2D eigenvalue weighted by molar-refractivity contribution is -0.124. The zero-order valence-corrected chi connectivity index (χ0v) is 14.0. The minimum atomic E-state index is -3.25. The molecule has 5 nitrogen and oxygen atoms in total. The van der Waals surface area contributed by atoms with Crippen LogP contribution >= 0.6 is 12.4 Å². The quantitative estimate of drug-likeness (QED) is 0.773. The van der Waals surface area contributed by atoms with Crippen molar-refractivity contribution in [3.8, 4) is 0 Å². The standard InChI is InChI=1S/C14H17FN2O3S.ClH/c1-16-12-10(4-3-5-11(12)15)14(13(16)18)6-8-17(9-7-14)21(2,19)20;/h3-5H,6-9H2,1-2H3;1H. The highest BCUT2D eigenvalue weighted by atomic mass is 35.5. The Bertz CT molecular complexity index is 715. The van der Waals surface area contributed by atoms with Crippen molar-refractivity contribution in [2.24, 2.45) is 0 Å². The summed E-state index contributed by atoms with van der Waals surface area (Å²) in [6.07, 6.45) is 1.95. The first-order valence-electron chi connectivity index (χ1n) is 6.80. The van der Waals surface area contributed by atoms with Gasteiger partial charge in [0.2, 0.25) is 15.9 Å². The van der Waals surface area contributed by atoms with E-state index in [1.165, 1.54) is 21.5 Å². The summed E-state index contributed by atoms with van der Waals surface area (Å²) in [6, 6.07) is 4.72. The molecule has 1 saturated heterocycles. The third kappa shape index (κ3) is 2.31. The molecule has 0 atom stereocenters. The van der Waals surface area contributed by atoms with Crippen molar-refractivity contribution in [1.82, 2.24) is 4.31 Å². The van der Waals surface area contributed by atoms with Crippen LogP contribution in [0.5, 0.6) is 0 Å². The van der Waals surface area contributed by atoms with Crippen molar-refractivity contribution in [3.63, 3.8) is 0 Å². The van der Waals surface area contributed by atoms with E-state index >= 15 is 0 Å². The average Bonchev–Trinajstić information content (AvgIpc) is 2.63. The molecule has 2 aliphatic rings. The number of fused-ring (bicyclic) bond motifs is 2. The van der Waals surface area contributed by atoms with Crippen LogP contribution in [0.25, 0.3) is 0 Å². The van der Waals surface area contributed by atoms with Crippen molar-refractivity contribution in [3.05, 3.63) is 29.6 Å². The van der Waals surface area contributed by atoms with Crippen LogP contribution in [0.1, 0.15) is 18.4 Å². The number of hydrogen-bond acceptors (Lipinski definition) is 3. The van der Waals surface area contributed by atoms with E-state index in [-0.39, 0.29) is 31.4 Å². The summed E-state index contributed by atoms with van der Waals surface area (Å²) < 4.78 is 38.6. The van der Waals surface area contributed by atoms with Crippen molar-refractivity contribution >= 4 is 34.0 Å². The van der Waals surface area contributed by atoms with Crippen LogP contribution in [0.3, 0.4) is 0 Å². The van der Waals surface area contributed by atoms with E-state index in [0.29, 0.717) is 24.1 Å². The predicted molar refractivity (Wildman–Crippen MR) is 84.4 cm³/mol. The van der Waals surface area contributed by atoms with Crippen LogP contribution < -0.4 is 4.90 Å². The Morgan fingerprint density at radius 3 is 2.36 bits per heavy atom. The Labute approximate surface area is 135 Å². The van der Waals surface area contributed by atoms with Gasteiger partial charge in [0.1, 0.15) is 5.82 Å². The fraction of sp³-hybridized carbons (Fsp3) is 0.500. The number of para-hydroxylation sites is 1. The zero-order chi connectivity index (χ0) is 15.4. The molecule has 1 aromatic rings. The lowest BCUT2D eigenvalue weighted by atomic mass is 9.74. The van der Waals surface area contributed by atoms with E-state index in [1.54, 1.807) is 19.2 Å². The van der Waals surface area contributed by atoms with E-state index in [9.17, 15) is 17.6 Å². The van der Waals surface area contributed by atoms with Crippen molar-refractivity contribution in [2.75, 3.05) is 31.3 Å². The van der Waals surface area contributed by atoms with Gasteiger partial charge in [-0.25, -0.2) is 17.1 Å². The van der Waals surface area contributed by atoms with Gasteiger partial charge in [-0.1, -0.05) is 12.1 Å². The molecule has 1 aromatic carbocycles. The van der Waals surface area contributed by atoms with Gasteiger partial charge in [0.05, 0.1) is 17.4 Å². The maximum Gasteiger partial charge on any atom is 0.237 e. The topological polar surface area (TPSA) is 57.7 Å². The summed E-state index contributed by atoms with van der Waals surface area (Å²) in [6.45, 7) is 0.572. The number of halogens is 2. The summed E-state index contributed by atoms with van der Waals surface area (Å²) in [7, 11) is -1.68. The first-order valence-corrected chi connectivity index (χ1v) is 8.64. The van der Waals surface area contributed by atoms with E-state index < -0.39 is 21.3 Å². The predicted octanol–water partition coefficient (Wildman–Crippen LogP) is 1.52. The highest BCUT2D eigenvalue weighted by Crippen LogP contribution is 2.48. The van der Waals surface area contributed by atoms with Gasteiger partial charge < -0.3 is 4.90 Å². The third-order valence-corrected chi connectivity index (χ3v) is 5.90. The number of carbonyl (C=O) groups is 1. The maximum atomic E-state index is 14.0. The number of rotatable bonds is 1. The highest BCUT2D eigenvalue weighted by Gasteiger charge is 2.52. The molecule has 1 spiro atoms. The third-order valence-electron chi connectivity index (χ3n) is 4.60. The maximum absolute atomic E-state index is 14.0. The lowest BCUT2D eigenvalue weighted by Crippen LogP contribution is -2.49. The van der Waals surface area contributed by atoms with Crippen LogP contribution in [0.4, 0.5) is 10.1 Å². The Balaban J connectivity index is 0.00000176. The van der Waals surface area contributed by atoms with Gasteiger partial charge in [-0.2, -0.15) is 0 Å². The molecule has 0 saturated carbocycles. The second kappa shape index (κ2) is 5.47. The number of nitrogens with zero attached hydrogens (tertiary/aromatic N) is 2. The molecule has 0 aromatic heterocycles. The van der Waals surface area contributed by atoms with Gasteiger partial charge in [-0.05, 0) is 24.5 Å². The molecule has 0 radical (unpaired) electrons. The number of benzene rings is 1. The van der Waals surface area contributed by atoms with E-state index in [0.717, 1.165) is 0 Å². The normalized spacial score (nSPS) is 20.9. The summed E-state index contributed by atoms with van der Waals surface area (Å²) in [5.41, 5.74) is 0.228. The van der Waals surface area contributed by atoms with E-state index in [4.69, 9.17) is 0 Å². The molecule has 0 unspecified atom stereocenters. The first kappa shape index (κ1) is 17.2. The molecular weight excluding hydrogens is 331 g/mol. The van der Waals surface area contributed by atoms with Gasteiger partial charge in [-0.15, -0.1) is 12.4 Å². The van der Waals surface area contributed by atoms with Crippen molar-refractivity contribution in [1.29, 1.82) is 0 Å². The Morgan fingerprint density at radius 1 is 1.23 bits per heavy atom. The number of sulfonamides is 1. The van der Waals surface area contributed by atoms with Crippen LogP contribution in [0.15, 0.2) is 18.2 Å². The number of piperidine rings is 1. The fourth-order valence-electron chi connectivity index (χ4n) is 3.46. The smallest absolute Gasteiger partial charge is 0.237 e. The first-order chi connectivity index (χ1) is 9.77. The van der Waals surface area contributed by atoms with Crippen LogP contribution in [-0.4, -0.2) is 45.0 Å². The van der Waals surface area contributed by atoms with Gasteiger partial charge in [0, 0.05) is 20.1 Å². The summed E-state index contributed by atoms with van der Waals surface area (Å²) in [5.74, 6) is -0.554. The molecule has 0 bridgehead atoms. The molecule has 0 N–H and O–H groups in total. The minimum Gasteiger partial charge on any atom is -0.312 e. The molecule has 2 aliphatic heterocycles. The van der Waals surface area contributed by atoms with Gasteiger partial charge in [0.15, 0.2) is 0 Å². The van der Waals surface area contributed by atoms with Gasteiger partial charge in [-0.3, -0.25) is 4.79 Å². The van der Waals surface area contributed by atoms with Gasteiger partial charge in [0.25, 0.3) is 0 Å². The zero-order valence-electron chi connectivity index (χ0n) is 12.4. The molecule has 122 valence electrons. The van der Waals surface area contributed by atoms with Crippen LogP contribution in [-0.2, 0) is 20.2 Å². The SMILES string of the molecule is CN1C(=O)C2(CCN(S(C)(=O)=O)CC2)c2cccc(F)c21.Cl. The lowest BCUT2D eigenvalue weighted by Gasteiger charge is -2.37. The number of likely N-dealkylation sites (N-methyl/N-ethyl adjacent to an activating group) is 1. The molecule has 3 rings (SSSR count). The van der Waals surface area contributed by atoms with Gasteiger partial charge >= 0.3 is 0 Å². The molecule has 0 aliphatic carbocycles. The molecule has 2 heterocycles. The van der Waals surface area contributed by atoms with Crippen LogP contribution in [0.2, 0.25) is 0 Å². The van der Waals surface area contributed by atoms with Crippen molar-refractivity contribution < 1.29 is 17.6 Å². The Morgan fingerprint density at radius 2 is 1.82 bits per heavy atom. The molecule has 1 amide bonds. The monoisotopic (exact) mass is 348 g/mol. The van der Waals surface area contributed by atoms with Crippen molar-refractivity contribution in [2.45, 2.75) is 18.3 Å². The van der Waals surface area contributed by atoms with Crippen LogP contribution in [0, 0.1) is 5.82 Å². The number of amides is 1. The largest absolute Gasteiger partial charge is 0.312 e. The highest BCUT2D eigenvalue weighted by molar-refractivity contribution is 7.88. The fourth-order valence-corrected chi connectivity index (χ4v) is 4.31. The average molecular weight is 349 g/mol. The number of carbonyl (C=O) groups excluding carboxylic acids is 1. The van der Waals surface area contributed by atoms with E-state index in [1.807, 2.05) is 0 Å². The van der Waals surface area contributed by atoms with E-state index in [2.05, 4.69) is 0 Å². The molecule has 22 heavy (non-hydrogen) atoms. The summed E-state index contributed by atoms with van der Waals surface area (Å²) in [4.78, 5) is 14.0. The summed E-state index contributed by atoms with van der Waals surface area (Å²) >= 11 is 0. The Hall–Kier alpha value is -1.18. The summed E-state index contributed by atoms with van der Waals surface area (Å²) in [5, 5.41) is 0. The second-order valence-corrected chi connectivity index (χ2v) is 7.73. The molecule has 1 fully saturated rings. The molecular formula is C14H18ClFN2O3S. The minimum absolute atomic E-state index is 0.